The lowest BCUT2D eigenvalue weighted by Gasteiger charge is -2.44. The van der Waals surface area contributed by atoms with Gasteiger partial charge in [0.1, 0.15) is 18.8 Å². The molecule has 10 heteroatoms. The summed E-state index contributed by atoms with van der Waals surface area (Å²) in [6.07, 6.45) is -3.27. The van der Waals surface area contributed by atoms with Crippen LogP contribution in [0.5, 0.6) is 0 Å². The average Bonchev–Trinajstić information content (AvgIpc) is 2.72. The summed E-state index contributed by atoms with van der Waals surface area (Å²) in [4.78, 5) is 47.1. The number of esters is 3. The van der Waals surface area contributed by atoms with Crippen molar-refractivity contribution in [1.29, 1.82) is 0 Å². The van der Waals surface area contributed by atoms with Gasteiger partial charge in [-0.2, -0.15) is 0 Å². The van der Waals surface area contributed by atoms with Gasteiger partial charge in [-0.1, -0.05) is 19.1 Å². The standard InChI is InChI=1S/C21H26O10/c1-5-13-16(10-28-20(26)15-9-7-6-8-14(15)19(24)25)31-21(27-4)18(30-12(3)23)17(13)29-11(2)22/h6-9,13,16-18,21H,5,10H2,1-4H3,(H,24,25)/t13-,16+,17-,18-,21+/m1/s1. The molecule has 10 nitrogen and oxygen atoms in total. The predicted octanol–water partition coefficient (Wildman–Crippen LogP) is 1.80. The molecule has 0 unspecified atom stereocenters. The first-order valence-corrected chi connectivity index (χ1v) is 9.71. The molecule has 1 aromatic rings. The first-order chi connectivity index (χ1) is 14.7. The highest BCUT2D eigenvalue weighted by Crippen LogP contribution is 2.33. The molecule has 2 rings (SSSR count). The third-order valence-corrected chi connectivity index (χ3v) is 4.86. The smallest absolute Gasteiger partial charge is 0.339 e. The Hall–Kier alpha value is -2.98. The topological polar surface area (TPSA) is 135 Å². The van der Waals surface area contributed by atoms with Crippen molar-refractivity contribution in [1.82, 2.24) is 0 Å². The Labute approximate surface area is 179 Å². The van der Waals surface area contributed by atoms with Crippen molar-refractivity contribution in [3.63, 3.8) is 0 Å². The van der Waals surface area contributed by atoms with Crippen LogP contribution in [-0.2, 0) is 33.3 Å². The molecule has 31 heavy (non-hydrogen) atoms. The molecular weight excluding hydrogens is 412 g/mol. The summed E-state index contributed by atoms with van der Waals surface area (Å²) in [5.41, 5.74) is -0.289. The van der Waals surface area contributed by atoms with Crippen molar-refractivity contribution in [2.24, 2.45) is 5.92 Å². The van der Waals surface area contributed by atoms with E-state index in [1.54, 1.807) is 0 Å². The molecule has 1 aliphatic heterocycles. The predicted molar refractivity (Wildman–Crippen MR) is 104 cm³/mol. The van der Waals surface area contributed by atoms with Crippen molar-refractivity contribution in [2.45, 2.75) is 51.8 Å². The van der Waals surface area contributed by atoms with Crippen LogP contribution in [0, 0.1) is 5.92 Å². The Bertz CT molecular complexity index is 820. The molecule has 0 bridgehead atoms. The van der Waals surface area contributed by atoms with Gasteiger partial charge in [0, 0.05) is 26.9 Å². The SMILES string of the molecule is CC[C@H]1[C@@H](OC(C)=O)[C@@H](OC(C)=O)[C@@H](OC)O[C@H]1COC(=O)c1ccccc1C(=O)O. The van der Waals surface area contributed by atoms with Crippen LogP contribution in [0.1, 0.15) is 47.9 Å². The second kappa shape index (κ2) is 10.9. The zero-order valence-corrected chi connectivity index (χ0v) is 17.7. The van der Waals surface area contributed by atoms with Crippen LogP contribution >= 0.6 is 0 Å². The summed E-state index contributed by atoms with van der Waals surface area (Å²) in [5.74, 6) is -3.76. The molecule has 1 heterocycles. The van der Waals surface area contributed by atoms with E-state index in [1.807, 2.05) is 6.92 Å². The van der Waals surface area contributed by atoms with E-state index in [1.165, 1.54) is 45.2 Å². The van der Waals surface area contributed by atoms with Gasteiger partial charge >= 0.3 is 23.9 Å². The molecule has 1 aliphatic rings. The largest absolute Gasteiger partial charge is 0.478 e. The molecule has 0 amide bonds. The molecular formula is C21H26O10. The summed E-state index contributed by atoms with van der Waals surface area (Å²) in [5, 5.41) is 9.26. The second-order valence-corrected chi connectivity index (χ2v) is 6.95. The van der Waals surface area contributed by atoms with Crippen molar-refractivity contribution < 1.29 is 48.0 Å². The van der Waals surface area contributed by atoms with E-state index in [4.69, 9.17) is 23.7 Å². The minimum atomic E-state index is -1.26. The number of carboxylic acid groups (broad SMARTS) is 1. The number of carbonyl (C=O) groups excluding carboxylic acids is 3. The van der Waals surface area contributed by atoms with E-state index < -0.39 is 54.4 Å². The van der Waals surface area contributed by atoms with Crippen molar-refractivity contribution in [2.75, 3.05) is 13.7 Å². The van der Waals surface area contributed by atoms with Crippen LogP contribution in [-0.4, -0.2) is 67.3 Å². The van der Waals surface area contributed by atoms with Gasteiger partial charge in [-0.05, 0) is 18.6 Å². The number of hydrogen-bond donors (Lipinski definition) is 1. The fourth-order valence-electron chi connectivity index (χ4n) is 3.55. The Morgan fingerprint density at radius 1 is 1.00 bits per heavy atom. The molecule has 5 atom stereocenters. The van der Waals surface area contributed by atoms with E-state index in [0.717, 1.165) is 0 Å². The van der Waals surface area contributed by atoms with Crippen molar-refractivity contribution in [3.05, 3.63) is 35.4 Å². The van der Waals surface area contributed by atoms with E-state index in [-0.39, 0.29) is 17.7 Å². The van der Waals surface area contributed by atoms with Gasteiger partial charge in [-0.25, -0.2) is 9.59 Å². The maximum atomic E-state index is 12.5. The Morgan fingerprint density at radius 2 is 1.58 bits per heavy atom. The maximum Gasteiger partial charge on any atom is 0.339 e. The number of rotatable bonds is 8. The highest BCUT2D eigenvalue weighted by Gasteiger charge is 2.49. The van der Waals surface area contributed by atoms with Gasteiger partial charge in [-0.15, -0.1) is 0 Å². The fourth-order valence-corrected chi connectivity index (χ4v) is 3.55. The second-order valence-electron chi connectivity index (χ2n) is 6.95. The summed E-state index contributed by atoms with van der Waals surface area (Å²) < 4.78 is 27.1. The van der Waals surface area contributed by atoms with E-state index in [0.29, 0.717) is 6.42 Å². The third kappa shape index (κ3) is 6.02. The van der Waals surface area contributed by atoms with Crippen LogP contribution < -0.4 is 0 Å². The quantitative estimate of drug-likeness (QED) is 0.473. The molecule has 0 spiro atoms. The van der Waals surface area contributed by atoms with Crippen LogP contribution in [0.4, 0.5) is 0 Å². The normalized spacial score (nSPS) is 25.4. The number of ether oxygens (including phenoxy) is 5. The molecule has 0 radical (unpaired) electrons. The van der Waals surface area contributed by atoms with E-state index >= 15 is 0 Å². The van der Waals surface area contributed by atoms with Crippen molar-refractivity contribution >= 4 is 23.9 Å². The number of aromatic carboxylic acids is 1. The van der Waals surface area contributed by atoms with Crippen LogP contribution in [0.3, 0.4) is 0 Å². The third-order valence-electron chi connectivity index (χ3n) is 4.86. The Morgan fingerprint density at radius 3 is 2.10 bits per heavy atom. The van der Waals surface area contributed by atoms with Gasteiger partial charge in [0.05, 0.1) is 11.1 Å². The number of carbonyl (C=O) groups is 4. The van der Waals surface area contributed by atoms with Gasteiger partial charge in [0.15, 0.2) is 12.4 Å². The molecule has 1 aromatic carbocycles. The zero-order chi connectivity index (χ0) is 23.1. The number of methoxy groups -OCH3 is 1. The Kier molecular flexibility index (Phi) is 8.52. The lowest BCUT2D eigenvalue weighted by molar-refractivity contribution is -0.289. The maximum absolute atomic E-state index is 12.5. The summed E-state index contributed by atoms with van der Waals surface area (Å²) in [6.45, 7) is 4.01. The van der Waals surface area contributed by atoms with Crippen LogP contribution in [0.25, 0.3) is 0 Å². The highest BCUT2D eigenvalue weighted by atomic mass is 16.7. The summed E-state index contributed by atoms with van der Waals surface area (Å²) >= 11 is 0. The molecule has 170 valence electrons. The fraction of sp³-hybridized carbons (Fsp3) is 0.524. The number of benzene rings is 1. The first-order valence-electron chi connectivity index (χ1n) is 9.71. The highest BCUT2D eigenvalue weighted by molar-refractivity contribution is 6.02. The van der Waals surface area contributed by atoms with Gasteiger partial charge in [-0.3, -0.25) is 9.59 Å². The average molecular weight is 438 g/mol. The van der Waals surface area contributed by atoms with Gasteiger partial charge in [0.25, 0.3) is 0 Å². The first kappa shape index (κ1) is 24.3. The van der Waals surface area contributed by atoms with Gasteiger partial charge < -0.3 is 28.8 Å². The number of carboxylic acids is 1. The lowest BCUT2D eigenvalue weighted by atomic mass is 9.86. The lowest BCUT2D eigenvalue weighted by Crippen LogP contribution is -2.58. The van der Waals surface area contributed by atoms with E-state index in [2.05, 4.69) is 0 Å². The summed E-state index contributed by atoms with van der Waals surface area (Å²) in [6, 6.07) is 5.67. The molecule has 1 saturated heterocycles. The molecule has 1 fully saturated rings. The molecule has 0 aromatic heterocycles. The summed E-state index contributed by atoms with van der Waals surface area (Å²) in [7, 11) is 1.34. The van der Waals surface area contributed by atoms with Crippen LogP contribution in [0.15, 0.2) is 24.3 Å². The molecule has 0 saturated carbocycles. The monoisotopic (exact) mass is 438 g/mol. The minimum Gasteiger partial charge on any atom is -0.478 e. The zero-order valence-electron chi connectivity index (χ0n) is 17.7. The molecule has 0 aliphatic carbocycles. The number of hydrogen-bond acceptors (Lipinski definition) is 9. The van der Waals surface area contributed by atoms with Gasteiger partial charge in [0.2, 0.25) is 0 Å². The Balaban J connectivity index is 2.23. The van der Waals surface area contributed by atoms with Crippen molar-refractivity contribution in [3.8, 4) is 0 Å². The molecule has 1 N–H and O–H groups in total. The van der Waals surface area contributed by atoms with Crippen LogP contribution in [0.2, 0.25) is 0 Å². The minimum absolute atomic E-state index is 0.100. The van der Waals surface area contributed by atoms with E-state index in [9.17, 15) is 24.3 Å².